The quantitative estimate of drug-likeness (QED) is 0.705. The lowest BCUT2D eigenvalue weighted by molar-refractivity contribution is -0.138. The van der Waals surface area contributed by atoms with E-state index in [-0.39, 0.29) is 11.3 Å². The van der Waals surface area contributed by atoms with Crippen molar-refractivity contribution >= 4 is 5.78 Å². The molecule has 0 aromatic carbocycles. The molecule has 0 bridgehead atoms. The smallest absolute Gasteiger partial charge is 0.162 e. The first-order valence-corrected chi connectivity index (χ1v) is 10.5. The molecule has 2 nitrogen and oxygen atoms in total. The minimum Gasteiger partial charge on any atom is -0.377 e. The highest BCUT2D eigenvalue weighted by molar-refractivity contribution is 5.83. The average molecular weight is 333 g/mol. The van der Waals surface area contributed by atoms with E-state index in [4.69, 9.17) is 4.74 Å². The molecule has 0 saturated heterocycles. The molecule has 24 heavy (non-hydrogen) atoms. The number of rotatable bonds is 3. The molecule has 4 aliphatic rings. The molecule has 0 N–H and O–H groups in total. The molecule has 4 rings (SSSR count). The van der Waals surface area contributed by atoms with E-state index in [9.17, 15) is 4.79 Å². The number of carbonyl (C=O) groups excluding carboxylic acids is 1. The second-order valence-corrected chi connectivity index (χ2v) is 9.98. The van der Waals surface area contributed by atoms with E-state index >= 15 is 0 Å². The molecule has 0 aromatic heterocycles. The summed E-state index contributed by atoms with van der Waals surface area (Å²) < 4.78 is 5.18. The third-order valence-electron chi connectivity index (χ3n) is 9.26. The van der Waals surface area contributed by atoms with Crippen molar-refractivity contribution in [3.63, 3.8) is 0 Å². The lowest BCUT2D eigenvalue weighted by Gasteiger charge is -2.60. The fraction of sp³-hybridized carbons (Fsp3) is 0.955. The van der Waals surface area contributed by atoms with Gasteiger partial charge >= 0.3 is 0 Å². The standard InChI is InChI=1S/C22H36O2/c1-21-12-5-4-6-15(21)7-8-16-17-9-10-19(20(23)14-24-3)22(17,2)13-11-18(16)21/h15-19H,4-14H2,1-3H3. The molecule has 4 saturated carbocycles. The number of Topliss-reactive ketones (excluding diaryl/α,β-unsaturated/α-hetero) is 1. The Morgan fingerprint density at radius 2 is 1.71 bits per heavy atom. The average Bonchev–Trinajstić information content (AvgIpc) is 2.92. The Labute approximate surface area is 148 Å². The molecule has 4 aliphatic carbocycles. The van der Waals surface area contributed by atoms with E-state index < -0.39 is 0 Å². The third kappa shape index (κ3) is 2.35. The van der Waals surface area contributed by atoms with Gasteiger partial charge in [-0.25, -0.2) is 0 Å². The van der Waals surface area contributed by atoms with Crippen LogP contribution in [-0.4, -0.2) is 19.5 Å². The zero-order valence-corrected chi connectivity index (χ0v) is 16.0. The molecule has 2 heteroatoms. The normalized spacial score (nSPS) is 50.7. The zero-order chi connectivity index (χ0) is 16.9. The van der Waals surface area contributed by atoms with Gasteiger partial charge in [0.2, 0.25) is 0 Å². The van der Waals surface area contributed by atoms with Crippen LogP contribution in [0.3, 0.4) is 0 Å². The molecule has 0 aliphatic heterocycles. The summed E-state index contributed by atoms with van der Waals surface area (Å²) in [5.74, 6) is 4.25. The second-order valence-electron chi connectivity index (χ2n) is 9.98. The van der Waals surface area contributed by atoms with Crippen LogP contribution in [0.15, 0.2) is 0 Å². The maximum atomic E-state index is 12.6. The maximum Gasteiger partial charge on any atom is 0.162 e. The van der Waals surface area contributed by atoms with Crippen molar-refractivity contribution in [2.45, 2.75) is 78.1 Å². The van der Waals surface area contributed by atoms with E-state index in [1.807, 2.05) is 0 Å². The minimum absolute atomic E-state index is 0.259. The number of hydrogen-bond acceptors (Lipinski definition) is 2. The second kappa shape index (κ2) is 6.11. The first kappa shape index (κ1) is 17.1. The highest BCUT2D eigenvalue weighted by Crippen LogP contribution is 2.67. The van der Waals surface area contributed by atoms with Crippen LogP contribution in [0.2, 0.25) is 0 Å². The van der Waals surface area contributed by atoms with Crippen LogP contribution in [0.25, 0.3) is 0 Å². The van der Waals surface area contributed by atoms with Gasteiger partial charge in [0.05, 0.1) is 0 Å². The molecular formula is C22H36O2. The van der Waals surface area contributed by atoms with Crippen LogP contribution < -0.4 is 0 Å². The predicted molar refractivity (Wildman–Crippen MR) is 96.7 cm³/mol. The fourth-order valence-corrected chi connectivity index (χ4v) is 8.07. The van der Waals surface area contributed by atoms with Crippen molar-refractivity contribution in [3.05, 3.63) is 0 Å². The van der Waals surface area contributed by atoms with Crippen LogP contribution in [-0.2, 0) is 9.53 Å². The van der Waals surface area contributed by atoms with E-state index in [0.717, 1.165) is 30.1 Å². The van der Waals surface area contributed by atoms with Crippen molar-refractivity contribution in [1.29, 1.82) is 0 Å². The monoisotopic (exact) mass is 332 g/mol. The van der Waals surface area contributed by atoms with Gasteiger partial charge in [0.1, 0.15) is 6.61 Å². The fourth-order valence-electron chi connectivity index (χ4n) is 8.07. The summed E-state index contributed by atoms with van der Waals surface area (Å²) in [4.78, 5) is 12.6. The molecule has 0 aromatic rings. The molecule has 0 spiro atoms. The lowest BCUT2D eigenvalue weighted by Crippen LogP contribution is -2.53. The van der Waals surface area contributed by atoms with Crippen molar-refractivity contribution in [2.24, 2.45) is 40.4 Å². The molecule has 136 valence electrons. The summed E-state index contributed by atoms with van der Waals surface area (Å²) in [5.41, 5.74) is 0.867. The topological polar surface area (TPSA) is 26.3 Å². The van der Waals surface area contributed by atoms with Gasteiger partial charge in [-0.3, -0.25) is 4.79 Å². The first-order chi connectivity index (χ1) is 11.5. The highest BCUT2D eigenvalue weighted by Gasteiger charge is 2.60. The lowest BCUT2D eigenvalue weighted by atomic mass is 9.45. The summed E-state index contributed by atoms with van der Waals surface area (Å²) in [6, 6.07) is 0. The SMILES string of the molecule is COCC(=O)C1CCC2C3CCC4CCCCC4(C)C3CCC12C. The maximum absolute atomic E-state index is 12.6. The van der Waals surface area contributed by atoms with Crippen LogP contribution in [0.1, 0.15) is 78.1 Å². The van der Waals surface area contributed by atoms with E-state index in [1.54, 1.807) is 7.11 Å². The molecule has 0 amide bonds. The minimum atomic E-state index is 0.259. The molecule has 7 unspecified atom stereocenters. The van der Waals surface area contributed by atoms with Crippen molar-refractivity contribution in [2.75, 3.05) is 13.7 Å². The molecule has 0 heterocycles. The van der Waals surface area contributed by atoms with Gasteiger partial charge in [-0.2, -0.15) is 0 Å². The van der Waals surface area contributed by atoms with Crippen molar-refractivity contribution < 1.29 is 9.53 Å². The summed E-state index contributed by atoms with van der Waals surface area (Å²) in [6.45, 7) is 5.41. The largest absolute Gasteiger partial charge is 0.377 e. The van der Waals surface area contributed by atoms with Crippen LogP contribution in [0.5, 0.6) is 0 Å². The Kier molecular flexibility index (Phi) is 4.34. The third-order valence-corrected chi connectivity index (χ3v) is 9.26. The van der Waals surface area contributed by atoms with Crippen LogP contribution >= 0.6 is 0 Å². The van der Waals surface area contributed by atoms with E-state index in [0.29, 0.717) is 17.8 Å². The summed E-state index contributed by atoms with van der Waals surface area (Å²) in [5, 5.41) is 0. The van der Waals surface area contributed by atoms with Gasteiger partial charge in [0, 0.05) is 13.0 Å². The van der Waals surface area contributed by atoms with Crippen LogP contribution in [0.4, 0.5) is 0 Å². The number of methoxy groups -OCH3 is 1. The Hall–Kier alpha value is -0.370. The highest BCUT2D eigenvalue weighted by atomic mass is 16.5. The van der Waals surface area contributed by atoms with Crippen molar-refractivity contribution in [1.82, 2.24) is 0 Å². The molecular weight excluding hydrogens is 296 g/mol. The summed E-state index contributed by atoms with van der Waals surface area (Å²) in [6.07, 6.45) is 13.8. The first-order valence-electron chi connectivity index (χ1n) is 10.5. The van der Waals surface area contributed by atoms with Gasteiger partial charge in [-0.1, -0.05) is 26.7 Å². The zero-order valence-electron chi connectivity index (χ0n) is 16.0. The van der Waals surface area contributed by atoms with Crippen LogP contribution in [0, 0.1) is 40.4 Å². The predicted octanol–water partition coefficient (Wildman–Crippen LogP) is 5.25. The Balaban J connectivity index is 1.58. The molecule has 4 fully saturated rings. The van der Waals surface area contributed by atoms with Gasteiger partial charge in [-0.15, -0.1) is 0 Å². The molecule has 0 radical (unpaired) electrons. The van der Waals surface area contributed by atoms with E-state index in [2.05, 4.69) is 13.8 Å². The number of ether oxygens (including phenoxy) is 1. The Bertz CT molecular complexity index is 500. The van der Waals surface area contributed by atoms with Gasteiger partial charge in [-0.05, 0) is 85.9 Å². The number of fused-ring (bicyclic) bond motifs is 5. The van der Waals surface area contributed by atoms with E-state index in [1.165, 1.54) is 57.8 Å². The number of carbonyl (C=O) groups is 1. The van der Waals surface area contributed by atoms with Gasteiger partial charge in [0.25, 0.3) is 0 Å². The van der Waals surface area contributed by atoms with Gasteiger partial charge in [0.15, 0.2) is 5.78 Å². The summed E-state index contributed by atoms with van der Waals surface area (Å²) in [7, 11) is 1.66. The number of hydrogen-bond donors (Lipinski definition) is 0. The van der Waals surface area contributed by atoms with Crippen molar-refractivity contribution in [3.8, 4) is 0 Å². The number of ketones is 1. The molecule has 7 atom stereocenters. The van der Waals surface area contributed by atoms with Gasteiger partial charge < -0.3 is 4.74 Å². The Morgan fingerprint density at radius 3 is 2.50 bits per heavy atom. The Morgan fingerprint density at radius 1 is 0.917 bits per heavy atom. The summed E-state index contributed by atoms with van der Waals surface area (Å²) >= 11 is 0.